The molecule has 6 heteroatoms. The maximum absolute atomic E-state index is 6.87. The molecule has 0 saturated carbocycles. The predicted molar refractivity (Wildman–Crippen MR) is 190 cm³/mol. The van der Waals surface area contributed by atoms with E-state index >= 15 is 0 Å². The highest BCUT2D eigenvalue weighted by Crippen LogP contribution is 2.47. The van der Waals surface area contributed by atoms with Crippen LogP contribution in [-0.2, 0) is 0 Å². The summed E-state index contributed by atoms with van der Waals surface area (Å²) in [6.45, 7) is 0.0151. The number of nitrogens with zero attached hydrogens (tertiary/aromatic N) is 2. The first kappa shape index (κ1) is 23.9. The largest absolute Gasteiger partial charge is 0.454 e. The highest BCUT2D eigenvalue weighted by Gasteiger charge is 2.43. The summed E-state index contributed by atoms with van der Waals surface area (Å²) in [5.74, 6) is 0. The van der Waals surface area contributed by atoms with Gasteiger partial charge in [0.25, 0.3) is 0 Å². The summed E-state index contributed by atoms with van der Waals surface area (Å²) in [5.41, 5.74) is 13.5. The molecule has 2 aliphatic rings. The Morgan fingerprint density at radius 2 is 1.39 bits per heavy atom. The lowest BCUT2D eigenvalue weighted by Gasteiger charge is -2.34. The third kappa shape index (κ3) is 2.68. The molecule has 2 aliphatic heterocycles. The third-order valence-electron chi connectivity index (χ3n) is 10.1. The van der Waals surface area contributed by atoms with Crippen LogP contribution in [0.5, 0.6) is 0 Å². The first-order valence-electron chi connectivity index (χ1n) is 15.0. The Morgan fingerprint density at radius 3 is 2.27 bits per heavy atom. The number of hydrogen-bond acceptors (Lipinski definition) is 3. The van der Waals surface area contributed by atoms with Gasteiger partial charge < -0.3 is 13.5 Å². The number of aromatic nitrogens is 2. The molecule has 0 N–H and O–H groups in total. The lowest BCUT2D eigenvalue weighted by molar-refractivity contribution is 0.667. The zero-order chi connectivity index (χ0) is 28.8. The molecule has 0 saturated heterocycles. The van der Waals surface area contributed by atoms with Gasteiger partial charge in [-0.2, -0.15) is 0 Å². The average Bonchev–Trinajstić information content (AvgIpc) is 3.73. The first-order valence-corrected chi connectivity index (χ1v) is 17.4. The normalized spacial score (nSPS) is 13.4. The van der Waals surface area contributed by atoms with Crippen LogP contribution in [0.3, 0.4) is 0 Å². The van der Waals surface area contributed by atoms with Gasteiger partial charge >= 0.3 is 6.85 Å². The molecule has 11 rings (SSSR count). The molecule has 0 bridgehead atoms. The van der Waals surface area contributed by atoms with Crippen molar-refractivity contribution in [3.8, 4) is 16.8 Å². The molecular formula is C38H23BN2OS2. The molecule has 0 spiro atoms. The van der Waals surface area contributed by atoms with Crippen LogP contribution in [0.4, 0.5) is 0 Å². The molecule has 6 aromatic carbocycles. The highest BCUT2D eigenvalue weighted by atomic mass is 32.2. The van der Waals surface area contributed by atoms with E-state index in [1.54, 1.807) is 11.8 Å². The molecule has 44 heavy (non-hydrogen) atoms. The maximum atomic E-state index is 6.87. The zero-order valence-electron chi connectivity index (χ0n) is 24.0. The van der Waals surface area contributed by atoms with Gasteiger partial charge in [0, 0.05) is 58.7 Å². The van der Waals surface area contributed by atoms with Crippen LogP contribution < -0.4 is 10.9 Å². The monoisotopic (exact) mass is 598 g/mol. The van der Waals surface area contributed by atoms with Gasteiger partial charge in [-0.3, -0.25) is 0 Å². The van der Waals surface area contributed by atoms with Crippen molar-refractivity contribution in [3.63, 3.8) is 0 Å². The number of rotatable bonds is 2. The molecule has 5 heterocycles. The summed E-state index contributed by atoms with van der Waals surface area (Å²) < 4.78 is 12.0. The van der Waals surface area contributed by atoms with E-state index in [4.69, 9.17) is 4.42 Å². The molecule has 0 aliphatic carbocycles. The van der Waals surface area contributed by atoms with E-state index in [1.165, 1.54) is 86.5 Å². The fourth-order valence-corrected chi connectivity index (χ4v) is 9.28. The molecule has 0 fully saturated rings. The minimum absolute atomic E-state index is 0.0151. The van der Waals surface area contributed by atoms with Gasteiger partial charge in [-0.1, -0.05) is 54.6 Å². The summed E-state index contributed by atoms with van der Waals surface area (Å²) in [6.07, 6.45) is 4.36. The van der Waals surface area contributed by atoms with Gasteiger partial charge in [-0.25, -0.2) is 0 Å². The van der Waals surface area contributed by atoms with Crippen molar-refractivity contribution in [3.05, 3.63) is 103 Å². The Morgan fingerprint density at radius 1 is 0.591 bits per heavy atom. The van der Waals surface area contributed by atoms with Crippen LogP contribution in [0.1, 0.15) is 0 Å². The highest BCUT2D eigenvalue weighted by molar-refractivity contribution is 7.98. The molecule has 3 aromatic heterocycles. The number of furan rings is 1. The van der Waals surface area contributed by atoms with Crippen molar-refractivity contribution in [2.45, 2.75) is 9.79 Å². The predicted octanol–water partition coefficient (Wildman–Crippen LogP) is 9.18. The van der Waals surface area contributed by atoms with Crippen LogP contribution in [0.15, 0.2) is 117 Å². The fourth-order valence-electron chi connectivity index (χ4n) is 8.36. The van der Waals surface area contributed by atoms with E-state index in [2.05, 4.69) is 125 Å². The minimum Gasteiger partial charge on any atom is -0.454 e. The van der Waals surface area contributed by atoms with Gasteiger partial charge in [0.05, 0.1) is 16.7 Å². The van der Waals surface area contributed by atoms with Crippen LogP contribution in [-0.4, -0.2) is 28.4 Å². The second kappa shape index (κ2) is 8.14. The van der Waals surface area contributed by atoms with E-state index in [9.17, 15) is 0 Å². The quantitative estimate of drug-likeness (QED) is 0.146. The van der Waals surface area contributed by atoms with Crippen molar-refractivity contribution in [1.29, 1.82) is 0 Å². The Bertz CT molecular complexity index is 2770. The summed E-state index contributed by atoms with van der Waals surface area (Å²) in [5, 5.41) is 7.57. The number of fused-ring (bicyclic) bond motifs is 14. The van der Waals surface area contributed by atoms with Crippen molar-refractivity contribution in [2.24, 2.45) is 0 Å². The lowest BCUT2D eigenvalue weighted by Crippen LogP contribution is -2.55. The van der Waals surface area contributed by atoms with E-state index in [0.29, 0.717) is 0 Å². The molecule has 0 radical (unpaired) electrons. The first-order chi connectivity index (χ1) is 21.7. The lowest BCUT2D eigenvalue weighted by atomic mass is 9.45. The van der Waals surface area contributed by atoms with Gasteiger partial charge in [0.1, 0.15) is 5.58 Å². The van der Waals surface area contributed by atoms with Crippen LogP contribution >= 0.6 is 23.5 Å². The fraction of sp³-hybridized carbons (Fsp3) is 0.0526. The van der Waals surface area contributed by atoms with E-state index in [1.807, 2.05) is 11.8 Å². The summed E-state index contributed by atoms with van der Waals surface area (Å²) in [7, 11) is 0. The Hall–Kier alpha value is -4.52. The van der Waals surface area contributed by atoms with Crippen LogP contribution in [0, 0.1) is 0 Å². The number of hydrogen-bond donors (Lipinski definition) is 0. The van der Waals surface area contributed by atoms with E-state index in [-0.39, 0.29) is 6.85 Å². The van der Waals surface area contributed by atoms with Crippen molar-refractivity contribution >= 4 is 107 Å². The summed E-state index contributed by atoms with van der Waals surface area (Å²) in [4.78, 5) is 2.57. The smallest absolute Gasteiger partial charge is 0.333 e. The third-order valence-corrected chi connectivity index (χ3v) is 11.5. The Labute approximate surface area is 261 Å². The number of thioether (sulfide) groups is 2. The van der Waals surface area contributed by atoms with Crippen LogP contribution in [0.25, 0.3) is 82.4 Å². The molecule has 0 amide bonds. The molecule has 206 valence electrons. The standard InChI is InChI=1S/C38H23BN2OS2/c1-43-20-14-15-31-26(16-20)28-17-21(44-2)18-30-36(28)40(31)37-34-27(19-29-23-9-4-6-13-33(23)42-38(29)37)25-11-7-10-24-22-8-3-5-12-32(22)41(35(24)25)39(30)34/h3-19H,1-2H3. The van der Waals surface area contributed by atoms with Gasteiger partial charge in [-0.05, 0) is 77.5 Å². The second-order valence-electron chi connectivity index (χ2n) is 12.0. The Kier molecular flexibility index (Phi) is 4.42. The Balaban J connectivity index is 1.47. The molecular weight excluding hydrogens is 575 g/mol. The number of para-hydroxylation sites is 3. The van der Waals surface area contributed by atoms with Crippen molar-refractivity contribution in [1.82, 2.24) is 9.05 Å². The van der Waals surface area contributed by atoms with Gasteiger partial charge in [-0.15, -0.1) is 23.5 Å². The van der Waals surface area contributed by atoms with E-state index in [0.717, 1.165) is 16.6 Å². The van der Waals surface area contributed by atoms with Gasteiger partial charge in [0.15, 0.2) is 5.58 Å². The summed E-state index contributed by atoms with van der Waals surface area (Å²) >= 11 is 3.63. The average molecular weight is 599 g/mol. The second-order valence-corrected chi connectivity index (χ2v) is 13.7. The molecule has 0 atom stereocenters. The van der Waals surface area contributed by atoms with E-state index < -0.39 is 0 Å². The maximum Gasteiger partial charge on any atom is 0.333 e. The van der Waals surface area contributed by atoms with Crippen molar-refractivity contribution in [2.75, 3.05) is 12.5 Å². The minimum atomic E-state index is 0.0151. The molecule has 9 aromatic rings. The number of benzene rings is 6. The zero-order valence-corrected chi connectivity index (χ0v) is 25.6. The van der Waals surface area contributed by atoms with Crippen LogP contribution in [0.2, 0.25) is 0 Å². The topological polar surface area (TPSA) is 23.0 Å². The SMILES string of the molecule is CSc1ccc2c(c1)c1cc(SC)cc3c1n2-c1c2c(cc4c1oc1ccccc14)-c1cccc4c5ccccc5n(c14)B23. The molecule has 3 nitrogen and oxygen atoms in total. The summed E-state index contributed by atoms with van der Waals surface area (Å²) in [6, 6.07) is 38.5. The molecule has 0 unspecified atom stereocenters. The van der Waals surface area contributed by atoms with Crippen molar-refractivity contribution < 1.29 is 4.42 Å². The van der Waals surface area contributed by atoms with Gasteiger partial charge in [0.2, 0.25) is 0 Å².